The fourth-order valence-electron chi connectivity index (χ4n) is 5.22. The van der Waals surface area contributed by atoms with E-state index in [4.69, 9.17) is 35.9 Å². The van der Waals surface area contributed by atoms with Gasteiger partial charge in [0.05, 0.1) is 19.3 Å². The van der Waals surface area contributed by atoms with E-state index in [9.17, 15) is 4.79 Å². The van der Waals surface area contributed by atoms with Crippen LogP contribution in [0.2, 0.25) is 5.02 Å². The van der Waals surface area contributed by atoms with Crippen molar-refractivity contribution in [2.24, 2.45) is 0 Å². The normalized spacial score (nSPS) is 13.9. The van der Waals surface area contributed by atoms with Crippen molar-refractivity contribution in [3.8, 4) is 11.5 Å². The average molecular weight is 653 g/mol. The minimum Gasteiger partial charge on any atom is -0.493 e. The number of allylic oxidation sites excluding steroid dienone is 1. The summed E-state index contributed by atoms with van der Waals surface area (Å²) in [4.78, 5) is 18.5. The molecule has 4 aromatic carbocycles. The Morgan fingerprint density at radius 3 is 2.39 bits per heavy atom. The Morgan fingerprint density at radius 1 is 0.935 bits per heavy atom. The van der Waals surface area contributed by atoms with E-state index in [2.05, 4.69) is 17.4 Å². The summed E-state index contributed by atoms with van der Waals surface area (Å²) in [6, 6.07) is 32.5. The molecule has 1 unspecified atom stereocenters. The van der Waals surface area contributed by atoms with Crippen LogP contribution in [-0.4, -0.2) is 34.5 Å². The number of nitrogens with one attached hydrogen (secondary N) is 1. The summed E-state index contributed by atoms with van der Waals surface area (Å²) in [5.74, 6) is 1.82. The molecule has 0 fully saturated rings. The second-order valence-electron chi connectivity index (χ2n) is 10.7. The number of hydrogen-bond donors (Lipinski definition) is 1. The van der Waals surface area contributed by atoms with E-state index in [1.165, 1.54) is 17.3 Å². The van der Waals surface area contributed by atoms with Gasteiger partial charge in [-0.3, -0.25) is 0 Å². The zero-order valence-corrected chi connectivity index (χ0v) is 27.1. The van der Waals surface area contributed by atoms with Crippen LogP contribution in [0.3, 0.4) is 0 Å². The Balaban J connectivity index is 1.29. The van der Waals surface area contributed by atoms with E-state index in [1.807, 2.05) is 97.9 Å². The van der Waals surface area contributed by atoms with Crippen molar-refractivity contribution in [3.63, 3.8) is 0 Å². The van der Waals surface area contributed by atoms with E-state index in [0.29, 0.717) is 51.3 Å². The minimum absolute atomic E-state index is 0.143. The first-order valence-corrected chi connectivity index (χ1v) is 16.2. The largest absolute Gasteiger partial charge is 0.493 e. The number of ether oxygens (including phenoxy) is 3. The second-order valence-corrected chi connectivity index (χ2v) is 12.0. The van der Waals surface area contributed by atoms with Crippen LogP contribution >= 0.6 is 23.4 Å². The molecule has 6 rings (SSSR count). The molecule has 0 amide bonds. The van der Waals surface area contributed by atoms with E-state index in [-0.39, 0.29) is 6.61 Å². The standard InChI is InChI=1S/C36H33ClN4O4S/c1-24-32(34(42)45-22-26-13-7-4-8-14-26)33(41-35(38-24)39-36(40-41)46-23-28-15-9-10-16-29(28)37)27-17-18-30(31(21-27)43-2)44-20-19-25-11-5-3-6-12-25/h3-18,21,33H,19-20,22-23H2,1-2H3,(H,38,39,40). The highest BCUT2D eigenvalue weighted by Gasteiger charge is 2.36. The molecule has 1 aromatic heterocycles. The van der Waals surface area contributed by atoms with E-state index in [1.54, 1.807) is 11.8 Å². The van der Waals surface area contributed by atoms with E-state index < -0.39 is 12.0 Å². The number of carbonyl (C=O) groups excluding carboxylic acids is 1. The summed E-state index contributed by atoms with van der Waals surface area (Å²) in [7, 11) is 1.60. The zero-order valence-electron chi connectivity index (χ0n) is 25.5. The smallest absolute Gasteiger partial charge is 0.338 e. The molecule has 46 heavy (non-hydrogen) atoms. The van der Waals surface area contributed by atoms with Gasteiger partial charge in [0.2, 0.25) is 11.1 Å². The van der Waals surface area contributed by atoms with Crippen LogP contribution in [0.1, 0.15) is 35.2 Å². The molecule has 1 atom stereocenters. The maximum Gasteiger partial charge on any atom is 0.338 e. The van der Waals surface area contributed by atoms with Gasteiger partial charge in [-0.15, -0.1) is 5.10 Å². The number of halogens is 1. The van der Waals surface area contributed by atoms with Gasteiger partial charge >= 0.3 is 5.97 Å². The molecule has 5 aromatic rings. The molecule has 1 aliphatic rings. The molecule has 1 aliphatic heterocycles. The fraction of sp³-hybridized carbons (Fsp3) is 0.194. The summed E-state index contributed by atoms with van der Waals surface area (Å²) in [6.45, 7) is 2.48. The molecule has 0 aliphatic carbocycles. The summed E-state index contributed by atoms with van der Waals surface area (Å²) >= 11 is 7.86. The van der Waals surface area contributed by atoms with Crippen molar-refractivity contribution >= 4 is 35.3 Å². The fourth-order valence-corrected chi connectivity index (χ4v) is 6.34. The number of anilines is 1. The van der Waals surface area contributed by atoms with Gasteiger partial charge in [0, 0.05) is 22.9 Å². The topological polar surface area (TPSA) is 87.5 Å². The Hall–Kier alpha value is -4.73. The van der Waals surface area contributed by atoms with Crippen LogP contribution in [0.15, 0.2) is 120 Å². The number of thioether (sulfide) groups is 1. The van der Waals surface area contributed by atoms with Gasteiger partial charge in [-0.25, -0.2) is 9.48 Å². The molecular weight excluding hydrogens is 620 g/mol. The third kappa shape index (κ3) is 7.22. The van der Waals surface area contributed by atoms with Gasteiger partial charge < -0.3 is 19.5 Å². The van der Waals surface area contributed by atoms with Gasteiger partial charge in [0.1, 0.15) is 12.6 Å². The SMILES string of the molecule is COc1cc(C2C(C(=O)OCc3ccccc3)=C(C)Nc3nc(SCc4ccccc4Cl)nn32)ccc1OCCc1ccccc1. The number of esters is 1. The van der Waals surface area contributed by atoms with Crippen molar-refractivity contribution in [3.05, 3.63) is 142 Å². The Morgan fingerprint density at radius 2 is 1.65 bits per heavy atom. The maximum atomic E-state index is 13.8. The number of hydrogen-bond acceptors (Lipinski definition) is 8. The van der Waals surface area contributed by atoms with Gasteiger partial charge in [0.15, 0.2) is 11.5 Å². The molecule has 2 heterocycles. The molecule has 0 saturated carbocycles. The third-order valence-corrected chi connectivity index (χ3v) is 8.83. The Labute approximate surface area is 277 Å². The lowest BCUT2D eigenvalue weighted by Crippen LogP contribution is -2.29. The lowest BCUT2D eigenvalue weighted by atomic mass is 9.95. The van der Waals surface area contributed by atoms with Gasteiger partial charge in [-0.2, -0.15) is 4.98 Å². The molecule has 0 spiro atoms. The van der Waals surface area contributed by atoms with Gasteiger partial charge in [0.25, 0.3) is 0 Å². The van der Waals surface area contributed by atoms with Crippen LogP contribution in [-0.2, 0) is 28.3 Å². The van der Waals surface area contributed by atoms with Crippen LogP contribution < -0.4 is 14.8 Å². The van der Waals surface area contributed by atoms with Crippen molar-refractivity contribution in [2.45, 2.75) is 36.9 Å². The molecular formula is C36H33ClN4O4S. The molecule has 0 saturated heterocycles. The highest BCUT2D eigenvalue weighted by molar-refractivity contribution is 7.98. The lowest BCUT2D eigenvalue weighted by Gasteiger charge is -2.28. The summed E-state index contributed by atoms with van der Waals surface area (Å²) < 4.78 is 19.4. The molecule has 0 radical (unpaired) electrons. The van der Waals surface area contributed by atoms with E-state index in [0.717, 1.165) is 23.1 Å². The third-order valence-electron chi connectivity index (χ3n) is 7.57. The number of methoxy groups -OCH3 is 1. The summed E-state index contributed by atoms with van der Waals surface area (Å²) in [5, 5.41) is 9.36. The van der Waals surface area contributed by atoms with Crippen molar-refractivity contribution in [1.82, 2.24) is 14.8 Å². The molecule has 8 nitrogen and oxygen atoms in total. The van der Waals surface area contributed by atoms with Crippen LogP contribution in [0.4, 0.5) is 5.95 Å². The van der Waals surface area contributed by atoms with Crippen LogP contribution in [0, 0.1) is 0 Å². The van der Waals surface area contributed by atoms with Gasteiger partial charge in [-0.05, 0) is 47.4 Å². The quantitative estimate of drug-likeness (QED) is 0.108. The lowest BCUT2D eigenvalue weighted by molar-refractivity contribution is -0.140. The molecule has 234 valence electrons. The highest BCUT2D eigenvalue weighted by Crippen LogP contribution is 2.40. The minimum atomic E-state index is -0.631. The number of fused-ring (bicyclic) bond motifs is 1. The van der Waals surface area contributed by atoms with Gasteiger partial charge in [-0.1, -0.05) is 108 Å². The number of rotatable bonds is 12. The predicted octanol–water partition coefficient (Wildman–Crippen LogP) is 7.89. The molecule has 0 bridgehead atoms. The van der Waals surface area contributed by atoms with Crippen LogP contribution in [0.25, 0.3) is 0 Å². The molecule has 1 N–H and O–H groups in total. The van der Waals surface area contributed by atoms with Crippen molar-refractivity contribution < 1.29 is 19.0 Å². The zero-order chi connectivity index (χ0) is 31.9. The first kappa shape index (κ1) is 31.3. The Kier molecular flexibility index (Phi) is 9.91. The summed E-state index contributed by atoms with van der Waals surface area (Å²) in [5.41, 5.74) is 4.90. The Bertz CT molecular complexity index is 1850. The number of aromatic nitrogens is 3. The predicted molar refractivity (Wildman–Crippen MR) is 180 cm³/mol. The van der Waals surface area contributed by atoms with Crippen molar-refractivity contribution in [1.29, 1.82) is 0 Å². The number of carbonyl (C=O) groups is 1. The van der Waals surface area contributed by atoms with Crippen LogP contribution in [0.5, 0.6) is 11.5 Å². The second kappa shape index (κ2) is 14.6. The van der Waals surface area contributed by atoms with Crippen molar-refractivity contribution in [2.75, 3.05) is 19.0 Å². The first-order chi connectivity index (χ1) is 22.5. The molecule has 10 heteroatoms. The first-order valence-electron chi connectivity index (χ1n) is 14.9. The number of benzene rings is 4. The summed E-state index contributed by atoms with van der Waals surface area (Å²) in [6.07, 6.45) is 0.760. The monoisotopic (exact) mass is 652 g/mol. The highest BCUT2D eigenvalue weighted by atomic mass is 35.5. The maximum absolute atomic E-state index is 13.8. The number of nitrogens with zero attached hydrogens (tertiary/aromatic N) is 3. The average Bonchev–Trinajstić information content (AvgIpc) is 3.49. The van der Waals surface area contributed by atoms with E-state index >= 15 is 0 Å².